The number of aromatic nitrogens is 1. The lowest BCUT2D eigenvalue weighted by molar-refractivity contribution is 0.103. The van der Waals surface area contributed by atoms with Gasteiger partial charge < -0.3 is 10.1 Å². The summed E-state index contributed by atoms with van der Waals surface area (Å²) in [6.07, 6.45) is 0. The maximum Gasteiger partial charge on any atom is 0.265 e. The summed E-state index contributed by atoms with van der Waals surface area (Å²) in [4.78, 5) is 18.7. The number of methoxy groups -OCH3 is 1. The zero-order valence-corrected chi connectivity index (χ0v) is 15.0. The molecule has 1 amide bonds. The van der Waals surface area contributed by atoms with Crippen LogP contribution in [0.15, 0.2) is 60.7 Å². The van der Waals surface area contributed by atoms with E-state index >= 15 is 0 Å². The Morgan fingerprint density at radius 2 is 1.80 bits per heavy atom. The molecule has 2 aromatic carbocycles. The molecule has 2 aromatic heterocycles. The number of hydrogen-bond acceptors (Lipinski definition) is 5. The first-order valence-corrected chi connectivity index (χ1v) is 9.27. The molecule has 0 atom stereocenters. The van der Waals surface area contributed by atoms with Crippen LogP contribution in [0.2, 0.25) is 0 Å². The number of thiophene rings is 1. The third-order valence-electron chi connectivity index (χ3n) is 3.68. The van der Waals surface area contributed by atoms with Gasteiger partial charge in [0.05, 0.1) is 27.1 Å². The quantitative estimate of drug-likeness (QED) is 0.534. The van der Waals surface area contributed by atoms with E-state index in [0.29, 0.717) is 4.88 Å². The van der Waals surface area contributed by atoms with E-state index in [0.717, 1.165) is 31.5 Å². The van der Waals surface area contributed by atoms with Crippen molar-refractivity contribution >= 4 is 44.5 Å². The van der Waals surface area contributed by atoms with E-state index in [1.54, 1.807) is 18.4 Å². The number of nitrogens with zero attached hydrogens (tertiary/aromatic N) is 1. The molecule has 0 saturated carbocycles. The topological polar surface area (TPSA) is 51.2 Å². The second kappa shape index (κ2) is 6.66. The SMILES string of the molecule is COc1ccc(NC(=O)c2ccc(-c3nc4ccccc4s3)s2)cc1. The van der Waals surface area contributed by atoms with Crippen molar-refractivity contribution in [3.63, 3.8) is 0 Å². The number of carbonyl (C=O) groups is 1. The van der Waals surface area contributed by atoms with Crippen LogP contribution in [0, 0.1) is 0 Å². The first kappa shape index (κ1) is 15.8. The Bertz CT molecular complexity index is 1000. The van der Waals surface area contributed by atoms with Crippen LogP contribution in [0.4, 0.5) is 5.69 Å². The van der Waals surface area contributed by atoms with Crippen molar-refractivity contribution in [3.05, 3.63) is 65.5 Å². The number of nitrogens with one attached hydrogen (secondary N) is 1. The van der Waals surface area contributed by atoms with Gasteiger partial charge in [0.25, 0.3) is 5.91 Å². The molecule has 4 nitrogen and oxygen atoms in total. The molecule has 0 spiro atoms. The minimum Gasteiger partial charge on any atom is -0.497 e. The molecule has 4 aromatic rings. The summed E-state index contributed by atoms with van der Waals surface area (Å²) in [5.74, 6) is 0.634. The fourth-order valence-electron chi connectivity index (χ4n) is 2.42. The van der Waals surface area contributed by atoms with Crippen molar-refractivity contribution in [1.29, 1.82) is 0 Å². The number of rotatable bonds is 4. The van der Waals surface area contributed by atoms with Crippen LogP contribution in [-0.2, 0) is 0 Å². The van der Waals surface area contributed by atoms with Gasteiger partial charge in [-0.3, -0.25) is 4.79 Å². The number of thiazole rings is 1. The predicted octanol–water partition coefficient (Wildman–Crippen LogP) is 5.29. The third kappa shape index (κ3) is 3.26. The first-order chi connectivity index (χ1) is 12.2. The van der Waals surface area contributed by atoms with Crippen LogP contribution >= 0.6 is 22.7 Å². The Morgan fingerprint density at radius 3 is 2.56 bits per heavy atom. The Kier molecular flexibility index (Phi) is 4.21. The summed E-state index contributed by atoms with van der Waals surface area (Å²) >= 11 is 3.08. The van der Waals surface area contributed by atoms with Crippen LogP contribution < -0.4 is 10.1 Å². The van der Waals surface area contributed by atoms with E-state index in [9.17, 15) is 4.79 Å². The molecule has 25 heavy (non-hydrogen) atoms. The summed E-state index contributed by atoms with van der Waals surface area (Å²) in [6, 6.07) is 19.1. The Labute approximate surface area is 152 Å². The second-order valence-electron chi connectivity index (χ2n) is 5.33. The third-order valence-corrected chi connectivity index (χ3v) is 5.97. The van der Waals surface area contributed by atoms with Crippen LogP contribution in [0.25, 0.3) is 20.1 Å². The van der Waals surface area contributed by atoms with Gasteiger partial charge in [-0.15, -0.1) is 22.7 Å². The van der Waals surface area contributed by atoms with E-state index in [1.807, 2.05) is 54.6 Å². The molecule has 2 heterocycles. The summed E-state index contributed by atoms with van der Waals surface area (Å²) in [5, 5.41) is 3.84. The van der Waals surface area contributed by atoms with Crippen molar-refractivity contribution in [3.8, 4) is 15.6 Å². The average Bonchev–Trinajstić information content (AvgIpc) is 3.29. The fourth-order valence-corrected chi connectivity index (χ4v) is 4.34. The van der Waals surface area contributed by atoms with Gasteiger partial charge in [-0.05, 0) is 48.5 Å². The van der Waals surface area contributed by atoms with Crippen LogP contribution in [0.5, 0.6) is 5.75 Å². The zero-order chi connectivity index (χ0) is 17.2. The van der Waals surface area contributed by atoms with Gasteiger partial charge in [0.2, 0.25) is 0 Å². The lowest BCUT2D eigenvalue weighted by Crippen LogP contribution is -2.09. The second-order valence-corrected chi connectivity index (χ2v) is 7.45. The normalized spacial score (nSPS) is 10.8. The van der Waals surface area contributed by atoms with Crippen LogP contribution in [-0.4, -0.2) is 18.0 Å². The molecule has 0 radical (unpaired) electrons. The summed E-state index contributed by atoms with van der Waals surface area (Å²) in [7, 11) is 1.61. The van der Waals surface area contributed by atoms with Crippen molar-refractivity contribution in [2.24, 2.45) is 0 Å². The van der Waals surface area contributed by atoms with Crippen molar-refractivity contribution in [2.45, 2.75) is 0 Å². The predicted molar refractivity (Wildman–Crippen MR) is 104 cm³/mol. The summed E-state index contributed by atoms with van der Waals surface area (Å²) in [6.45, 7) is 0. The molecule has 0 fully saturated rings. The maximum absolute atomic E-state index is 12.4. The first-order valence-electron chi connectivity index (χ1n) is 7.64. The van der Waals surface area contributed by atoms with E-state index in [-0.39, 0.29) is 5.91 Å². The van der Waals surface area contributed by atoms with E-state index < -0.39 is 0 Å². The molecule has 4 rings (SSSR count). The molecule has 6 heteroatoms. The summed E-state index contributed by atoms with van der Waals surface area (Å²) in [5.41, 5.74) is 1.72. The van der Waals surface area contributed by atoms with Gasteiger partial charge in [-0.1, -0.05) is 12.1 Å². The van der Waals surface area contributed by atoms with Gasteiger partial charge >= 0.3 is 0 Å². The molecule has 0 saturated heterocycles. The molecule has 0 unspecified atom stereocenters. The zero-order valence-electron chi connectivity index (χ0n) is 13.4. The van der Waals surface area contributed by atoms with Gasteiger partial charge in [-0.2, -0.15) is 0 Å². The standard InChI is InChI=1S/C19H14N2O2S2/c1-23-13-8-6-12(7-9-13)20-18(22)16-10-11-17(24-16)19-21-14-4-2-3-5-15(14)25-19/h2-11H,1H3,(H,20,22). The van der Waals surface area contributed by atoms with Gasteiger partial charge in [0, 0.05) is 5.69 Å². The number of fused-ring (bicyclic) bond motifs is 1. The Hall–Kier alpha value is -2.70. The van der Waals surface area contributed by atoms with Crippen molar-refractivity contribution < 1.29 is 9.53 Å². The number of anilines is 1. The van der Waals surface area contributed by atoms with Gasteiger partial charge in [0.15, 0.2) is 0 Å². The van der Waals surface area contributed by atoms with Crippen LogP contribution in [0.3, 0.4) is 0 Å². The lowest BCUT2D eigenvalue weighted by atomic mass is 10.3. The Morgan fingerprint density at radius 1 is 1.00 bits per heavy atom. The van der Waals surface area contributed by atoms with Gasteiger partial charge in [0.1, 0.15) is 10.8 Å². The Balaban J connectivity index is 1.54. The molecular weight excluding hydrogens is 352 g/mol. The number of carbonyl (C=O) groups excluding carboxylic acids is 1. The average molecular weight is 366 g/mol. The number of para-hydroxylation sites is 1. The highest BCUT2D eigenvalue weighted by Crippen LogP contribution is 2.34. The molecule has 0 bridgehead atoms. The largest absolute Gasteiger partial charge is 0.497 e. The van der Waals surface area contributed by atoms with Crippen LogP contribution in [0.1, 0.15) is 9.67 Å². The fraction of sp³-hybridized carbons (Fsp3) is 0.0526. The van der Waals surface area contributed by atoms with Crippen molar-refractivity contribution in [2.75, 3.05) is 12.4 Å². The minimum atomic E-state index is -0.123. The van der Waals surface area contributed by atoms with E-state index in [1.165, 1.54) is 11.3 Å². The highest BCUT2D eigenvalue weighted by Gasteiger charge is 2.13. The van der Waals surface area contributed by atoms with E-state index in [2.05, 4.69) is 16.4 Å². The molecule has 0 aliphatic rings. The molecule has 0 aliphatic carbocycles. The molecule has 1 N–H and O–H groups in total. The number of amides is 1. The number of hydrogen-bond donors (Lipinski definition) is 1. The lowest BCUT2D eigenvalue weighted by Gasteiger charge is -2.04. The highest BCUT2D eigenvalue weighted by atomic mass is 32.1. The van der Waals surface area contributed by atoms with Crippen molar-refractivity contribution in [1.82, 2.24) is 4.98 Å². The maximum atomic E-state index is 12.4. The number of benzene rings is 2. The van der Waals surface area contributed by atoms with Gasteiger partial charge in [-0.25, -0.2) is 4.98 Å². The minimum absolute atomic E-state index is 0.123. The molecule has 124 valence electrons. The monoisotopic (exact) mass is 366 g/mol. The molecule has 0 aliphatic heterocycles. The highest BCUT2D eigenvalue weighted by molar-refractivity contribution is 7.26. The van der Waals surface area contributed by atoms with E-state index in [4.69, 9.17) is 4.74 Å². The molecular formula is C19H14N2O2S2. The smallest absolute Gasteiger partial charge is 0.265 e. The number of ether oxygens (including phenoxy) is 1. The summed E-state index contributed by atoms with van der Waals surface area (Å²) < 4.78 is 6.27.